The standard InChI is InChI=1S/C17H22N2O3.C2HF3O2/c20-17(13-3-1-7-18-9-13)19-10-15(22-11-12-5-6-12)16-14(19)4-2-8-21-16;3-2(4,5)1(6)7/h1,3,7,9,12,14-16H,2,4-6,8,10-11H2;(H,6,7)/t14-,15-,16+;/m1./s1. The minimum atomic E-state index is -5.08. The van der Waals surface area contributed by atoms with E-state index in [1.54, 1.807) is 18.5 Å². The van der Waals surface area contributed by atoms with Crippen LogP contribution in [0.4, 0.5) is 13.2 Å². The molecule has 1 aromatic rings. The highest BCUT2D eigenvalue weighted by atomic mass is 19.4. The van der Waals surface area contributed by atoms with E-state index in [4.69, 9.17) is 19.4 Å². The fraction of sp³-hybridized carbons (Fsp3) is 0.632. The highest BCUT2D eigenvalue weighted by Gasteiger charge is 2.47. The molecule has 2 saturated heterocycles. The summed E-state index contributed by atoms with van der Waals surface area (Å²) in [6.45, 7) is 2.22. The molecule has 1 saturated carbocycles. The highest BCUT2D eigenvalue weighted by Crippen LogP contribution is 2.34. The van der Waals surface area contributed by atoms with Crippen molar-refractivity contribution in [3.05, 3.63) is 30.1 Å². The summed E-state index contributed by atoms with van der Waals surface area (Å²) in [5.41, 5.74) is 0.648. The Bertz CT molecular complexity index is 712. The summed E-state index contributed by atoms with van der Waals surface area (Å²) < 4.78 is 43.8. The van der Waals surface area contributed by atoms with Crippen LogP contribution in [0.15, 0.2) is 24.5 Å². The normalized spacial score (nSPS) is 26.3. The monoisotopic (exact) mass is 416 g/mol. The number of pyridine rings is 1. The summed E-state index contributed by atoms with van der Waals surface area (Å²) in [7, 11) is 0. The number of likely N-dealkylation sites (tertiary alicyclic amines) is 1. The minimum absolute atomic E-state index is 0.0199. The number of halogens is 3. The molecule has 1 amide bonds. The molecule has 3 fully saturated rings. The van der Waals surface area contributed by atoms with Crippen LogP contribution in [-0.2, 0) is 14.3 Å². The lowest BCUT2D eigenvalue weighted by Crippen LogP contribution is -2.44. The molecule has 3 heterocycles. The molecule has 0 radical (unpaired) electrons. The zero-order chi connectivity index (χ0) is 21.0. The topological polar surface area (TPSA) is 89.0 Å². The molecule has 0 unspecified atom stereocenters. The van der Waals surface area contributed by atoms with E-state index in [9.17, 15) is 18.0 Å². The Kier molecular flexibility index (Phi) is 6.74. The number of carbonyl (C=O) groups excluding carboxylic acids is 1. The van der Waals surface area contributed by atoms with Crippen molar-refractivity contribution < 1.29 is 37.3 Å². The van der Waals surface area contributed by atoms with Gasteiger partial charge in [-0.1, -0.05) is 0 Å². The summed E-state index contributed by atoms with van der Waals surface area (Å²) in [5.74, 6) is -1.98. The van der Waals surface area contributed by atoms with Gasteiger partial charge in [-0.15, -0.1) is 0 Å². The first kappa shape index (κ1) is 21.5. The molecule has 4 rings (SSSR count). The number of carboxylic acids is 1. The molecule has 160 valence electrons. The molecule has 10 heteroatoms. The fourth-order valence-electron chi connectivity index (χ4n) is 3.49. The number of hydrogen-bond acceptors (Lipinski definition) is 5. The largest absolute Gasteiger partial charge is 0.490 e. The maximum Gasteiger partial charge on any atom is 0.490 e. The van der Waals surface area contributed by atoms with Crippen LogP contribution < -0.4 is 0 Å². The Morgan fingerprint density at radius 2 is 2.03 bits per heavy atom. The number of ether oxygens (including phenoxy) is 2. The van der Waals surface area contributed by atoms with Gasteiger partial charge in [0, 0.05) is 25.6 Å². The number of aliphatic carboxylic acids is 1. The van der Waals surface area contributed by atoms with Crippen LogP contribution in [0.25, 0.3) is 0 Å². The average Bonchev–Trinajstić information content (AvgIpc) is 3.46. The van der Waals surface area contributed by atoms with Crippen LogP contribution in [0.1, 0.15) is 36.0 Å². The average molecular weight is 416 g/mol. The third-order valence-corrected chi connectivity index (χ3v) is 5.13. The number of nitrogens with zero attached hydrogens (tertiary/aromatic N) is 2. The maximum absolute atomic E-state index is 12.8. The van der Waals surface area contributed by atoms with Crippen molar-refractivity contribution in [1.82, 2.24) is 9.88 Å². The van der Waals surface area contributed by atoms with Gasteiger partial charge < -0.3 is 19.5 Å². The zero-order valence-electron chi connectivity index (χ0n) is 15.7. The molecule has 3 atom stereocenters. The second-order valence-electron chi connectivity index (χ2n) is 7.36. The number of fused-ring (bicyclic) bond motifs is 1. The van der Waals surface area contributed by atoms with E-state index in [1.165, 1.54) is 12.8 Å². The summed E-state index contributed by atoms with van der Waals surface area (Å²) >= 11 is 0. The smallest absolute Gasteiger partial charge is 0.475 e. The molecular weight excluding hydrogens is 393 g/mol. The molecule has 7 nitrogen and oxygen atoms in total. The fourth-order valence-corrected chi connectivity index (χ4v) is 3.49. The SMILES string of the molecule is O=C(O)C(F)(F)F.O=C(c1cccnc1)N1C[C@@H](OCC2CC2)[C@H]2OCCC[C@H]21. The highest BCUT2D eigenvalue weighted by molar-refractivity contribution is 5.94. The Balaban J connectivity index is 0.000000298. The number of carbonyl (C=O) groups is 2. The molecule has 1 aliphatic carbocycles. The number of amides is 1. The first-order chi connectivity index (χ1) is 13.8. The van der Waals surface area contributed by atoms with E-state index in [0.29, 0.717) is 12.1 Å². The molecule has 0 bridgehead atoms. The number of alkyl halides is 3. The maximum atomic E-state index is 12.8. The van der Waals surface area contributed by atoms with E-state index < -0.39 is 12.1 Å². The molecule has 1 N–H and O–H groups in total. The van der Waals surface area contributed by atoms with Gasteiger partial charge in [-0.05, 0) is 43.7 Å². The third-order valence-electron chi connectivity index (χ3n) is 5.13. The van der Waals surface area contributed by atoms with Crippen molar-refractivity contribution in [3.63, 3.8) is 0 Å². The number of rotatable bonds is 4. The van der Waals surface area contributed by atoms with Crippen molar-refractivity contribution in [3.8, 4) is 0 Å². The van der Waals surface area contributed by atoms with Gasteiger partial charge in [0.2, 0.25) is 0 Å². The van der Waals surface area contributed by atoms with E-state index in [-0.39, 0.29) is 24.2 Å². The third kappa shape index (κ3) is 5.66. The zero-order valence-corrected chi connectivity index (χ0v) is 15.7. The lowest BCUT2D eigenvalue weighted by atomic mass is 10.0. The van der Waals surface area contributed by atoms with E-state index in [0.717, 1.165) is 32.0 Å². The van der Waals surface area contributed by atoms with Crippen molar-refractivity contribution in [2.45, 2.75) is 50.1 Å². The van der Waals surface area contributed by atoms with Crippen molar-refractivity contribution >= 4 is 11.9 Å². The predicted molar refractivity (Wildman–Crippen MR) is 94.2 cm³/mol. The lowest BCUT2D eigenvalue weighted by molar-refractivity contribution is -0.192. The first-order valence-electron chi connectivity index (χ1n) is 9.51. The summed E-state index contributed by atoms with van der Waals surface area (Å²) in [5, 5.41) is 7.12. The van der Waals surface area contributed by atoms with Crippen LogP contribution in [0, 0.1) is 5.92 Å². The summed E-state index contributed by atoms with van der Waals surface area (Å²) in [4.78, 5) is 27.7. The second-order valence-corrected chi connectivity index (χ2v) is 7.36. The Morgan fingerprint density at radius 3 is 2.62 bits per heavy atom. The van der Waals surface area contributed by atoms with Crippen LogP contribution in [0.3, 0.4) is 0 Å². The second kappa shape index (κ2) is 9.08. The Morgan fingerprint density at radius 1 is 1.31 bits per heavy atom. The van der Waals surface area contributed by atoms with E-state index in [2.05, 4.69) is 4.98 Å². The Labute approximate surface area is 165 Å². The molecular formula is C19H23F3N2O5. The molecule has 1 aromatic heterocycles. The minimum Gasteiger partial charge on any atom is -0.475 e. The van der Waals surface area contributed by atoms with Crippen LogP contribution >= 0.6 is 0 Å². The van der Waals surface area contributed by atoms with Gasteiger partial charge in [-0.3, -0.25) is 9.78 Å². The summed E-state index contributed by atoms with van der Waals surface area (Å²) in [6, 6.07) is 3.77. The predicted octanol–water partition coefficient (Wildman–Crippen LogP) is 2.51. The molecule has 0 aromatic carbocycles. The summed E-state index contributed by atoms with van der Waals surface area (Å²) in [6.07, 6.45) is 2.86. The van der Waals surface area contributed by atoms with Gasteiger partial charge in [0.05, 0.1) is 18.2 Å². The van der Waals surface area contributed by atoms with Gasteiger partial charge in [0.1, 0.15) is 12.2 Å². The quantitative estimate of drug-likeness (QED) is 0.812. The van der Waals surface area contributed by atoms with Crippen molar-refractivity contribution in [2.75, 3.05) is 19.8 Å². The van der Waals surface area contributed by atoms with Gasteiger partial charge in [-0.25, -0.2) is 4.79 Å². The number of carboxylic acid groups (broad SMARTS) is 1. The van der Waals surface area contributed by atoms with Crippen LogP contribution in [0.5, 0.6) is 0 Å². The van der Waals surface area contributed by atoms with E-state index >= 15 is 0 Å². The van der Waals surface area contributed by atoms with Gasteiger partial charge >= 0.3 is 12.1 Å². The molecule has 3 aliphatic rings. The number of aromatic nitrogens is 1. The lowest BCUT2D eigenvalue weighted by Gasteiger charge is -2.32. The molecule has 29 heavy (non-hydrogen) atoms. The van der Waals surface area contributed by atoms with E-state index in [1.807, 2.05) is 11.0 Å². The van der Waals surface area contributed by atoms with Gasteiger partial charge in [0.15, 0.2) is 0 Å². The number of hydrogen-bond donors (Lipinski definition) is 1. The van der Waals surface area contributed by atoms with Gasteiger partial charge in [-0.2, -0.15) is 13.2 Å². The Hall–Kier alpha value is -2.20. The van der Waals surface area contributed by atoms with Crippen molar-refractivity contribution in [2.24, 2.45) is 5.92 Å². The van der Waals surface area contributed by atoms with Gasteiger partial charge in [0.25, 0.3) is 5.91 Å². The van der Waals surface area contributed by atoms with Crippen molar-refractivity contribution in [1.29, 1.82) is 0 Å². The molecule has 0 spiro atoms. The first-order valence-corrected chi connectivity index (χ1v) is 9.51. The van der Waals surface area contributed by atoms with Crippen LogP contribution in [-0.4, -0.2) is 71.1 Å². The molecule has 2 aliphatic heterocycles. The van der Waals surface area contributed by atoms with Crippen LogP contribution in [0.2, 0.25) is 0 Å².